The number of rotatable bonds is 7. The van der Waals surface area contributed by atoms with E-state index in [0.717, 1.165) is 83.1 Å². The van der Waals surface area contributed by atoms with Crippen LogP contribution in [0.1, 0.15) is 0 Å². The van der Waals surface area contributed by atoms with Gasteiger partial charge in [-0.05, 0) is 81.9 Å². The van der Waals surface area contributed by atoms with Crippen LogP contribution in [0.2, 0.25) is 0 Å². The summed E-state index contributed by atoms with van der Waals surface area (Å²) in [6, 6.07) is 60.3. The number of pyridine rings is 3. The highest BCUT2D eigenvalue weighted by Gasteiger charge is 2.18. The zero-order valence-electron chi connectivity index (χ0n) is 30.2. The van der Waals surface area contributed by atoms with E-state index < -0.39 is 0 Å². The first kappa shape index (κ1) is 32.9. The predicted octanol–water partition coefficient (Wildman–Crippen LogP) is 12.0. The number of aromatic nitrogens is 6. The van der Waals surface area contributed by atoms with Gasteiger partial charge in [0.1, 0.15) is 0 Å². The van der Waals surface area contributed by atoms with Crippen molar-refractivity contribution >= 4 is 21.8 Å². The fourth-order valence-corrected chi connectivity index (χ4v) is 7.26. The van der Waals surface area contributed by atoms with Crippen LogP contribution >= 0.6 is 0 Å². The van der Waals surface area contributed by atoms with Crippen molar-refractivity contribution in [3.8, 4) is 78.8 Å². The van der Waals surface area contributed by atoms with Crippen molar-refractivity contribution in [2.24, 2.45) is 0 Å². The van der Waals surface area contributed by atoms with Crippen LogP contribution in [0, 0.1) is 0 Å². The van der Waals surface area contributed by atoms with Crippen molar-refractivity contribution < 1.29 is 0 Å². The minimum atomic E-state index is 0.563. The minimum Gasteiger partial charge on any atom is -0.256 e. The fraction of sp³-hybridized carbons (Fsp3) is 0. The second-order valence-electron chi connectivity index (χ2n) is 13.6. The average Bonchev–Trinajstić information content (AvgIpc) is 3.29. The van der Waals surface area contributed by atoms with E-state index in [1.54, 1.807) is 0 Å². The van der Waals surface area contributed by atoms with Gasteiger partial charge in [0, 0.05) is 51.6 Å². The van der Waals surface area contributed by atoms with Gasteiger partial charge in [-0.15, -0.1) is 0 Å². The van der Waals surface area contributed by atoms with Crippen molar-refractivity contribution in [1.29, 1.82) is 0 Å². The van der Waals surface area contributed by atoms with E-state index in [9.17, 15) is 0 Å². The summed E-state index contributed by atoms with van der Waals surface area (Å²) in [5, 5.41) is 2.03. The summed E-state index contributed by atoms with van der Waals surface area (Å²) < 4.78 is 0. The van der Waals surface area contributed by atoms with Crippen molar-refractivity contribution in [3.63, 3.8) is 0 Å². The molecular weight excluding hydrogens is 685 g/mol. The smallest absolute Gasteiger partial charge is 0.164 e. The molecule has 0 aliphatic carbocycles. The van der Waals surface area contributed by atoms with E-state index >= 15 is 0 Å². The zero-order valence-corrected chi connectivity index (χ0v) is 30.2. The van der Waals surface area contributed by atoms with E-state index in [-0.39, 0.29) is 0 Å². The Labute approximate surface area is 324 Å². The van der Waals surface area contributed by atoms with Gasteiger partial charge in [-0.3, -0.25) is 15.0 Å². The van der Waals surface area contributed by atoms with Gasteiger partial charge < -0.3 is 0 Å². The van der Waals surface area contributed by atoms with Crippen molar-refractivity contribution in [2.75, 3.05) is 0 Å². The van der Waals surface area contributed by atoms with Gasteiger partial charge in [0.2, 0.25) is 0 Å². The third-order valence-corrected chi connectivity index (χ3v) is 10.1. The molecule has 0 aliphatic rings. The van der Waals surface area contributed by atoms with Crippen LogP contribution in [0.4, 0.5) is 0 Å². The van der Waals surface area contributed by atoms with Gasteiger partial charge in [-0.2, -0.15) is 0 Å². The quantitative estimate of drug-likeness (QED) is 0.153. The highest BCUT2D eigenvalue weighted by molar-refractivity contribution is 6.10. The lowest BCUT2D eigenvalue weighted by molar-refractivity contribution is 1.07. The molecule has 0 saturated heterocycles. The maximum absolute atomic E-state index is 5.18. The first-order chi connectivity index (χ1) is 27.7. The van der Waals surface area contributed by atoms with E-state index in [4.69, 9.17) is 29.9 Å². The summed E-state index contributed by atoms with van der Waals surface area (Å²) in [7, 11) is 0. The lowest BCUT2D eigenvalue weighted by atomic mass is 9.93. The maximum atomic E-state index is 5.18. The van der Waals surface area contributed by atoms with Gasteiger partial charge in [0.25, 0.3) is 0 Å². The third kappa shape index (κ3) is 6.35. The molecule has 6 aromatic carbocycles. The van der Waals surface area contributed by atoms with Crippen LogP contribution in [0.25, 0.3) is 101 Å². The summed E-state index contributed by atoms with van der Waals surface area (Å²) in [6.45, 7) is 0. The molecule has 10 rings (SSSR count). The lowest BCUT2D eigenvalue weighted by Gasteiger charge is -2.14. The van der Waals surface area contributed by atoms with Crippen molar-refractivity contribution in [2.45, 2.75) is 0 Å². The first-order valence-corrected chi connectivity index (χ1v) is 18.5. The molecule has 0 bridgehead atoms. The van der Waals surface area contributed by atoms with Crippen LogP contribution in [-0.2, 0) is 0 Å². The van der Waals surface area contributed by atoms with Crippen LogP contribution in [0.15, 0.2) is 195 Å². The molecule has 10 aromatic rings. The molecule has 6 heteroatoms. The molecule has 0 aliphatic heterocycles. The molecule has 0 atom stereocenters. The molecule has 262 valence electrons. The van der Waals surface area contributed by atoms with Crippen LogP contribution < -0.4 is 0 Å². The monoisotopic (exact) mass is 716 g/mol. The molecule has 56 heavy (non-hydrogen) atoms. The van der Waals surface area contributed by atoms with Crippen molar-refractivity contribution in [3.05, 3.63) is 195 Å². The second kappa shape index (κ2) is 14.3. The van der Waals surface area contributed by atoms with Gasteiger partial charge in [0.05, 0.1) is 16.7 Å². The summed E-state index contributed by atoms with van der Waals surface area (Å²) >= 11 is 0. The van der Waals surface area contributed by atoms with Crippen LogP contribution in [0.3, 0.4) is 0 Å². The zero-order chi connectivity index (χ0) is 37.3. The largest absolute Gasteiger partial charge is 0.256 e. The van der Waals surface area contributed by atoms with Crippen LogP contribution in [-0.4, -0.2) is 29.9 Å². The Morgan fingerprint density at radius 3 is 1.38 bits per heavy atom. The number of hydrogen-bond acceptors (Lipinski definition) is 6. The van der Waals surface area contributed by atoms with Gasteiger partial charge >= 0.3 is 0 Å². The summed E-state index contributed by atoms with van der Waals surface area (Å²) in [5.41, 5.74) is 12.8. The summed E-state index contributed by atoms with van der Waals surface area (Å²) in [6.07, 6.45) is 5.46. The van der Waals surface area contributed by atoms with E-state index in [2.05, 4.69) is 133 Å². The minimum absolute atomic E-state index is 0.563. The Morgan fingerprint density at radius 2 is 0.768 bits per heavy atom. The maximum Gasteiger partial charge on any atom is 0.164 e. The number of benzene rings is 6. The molecule has 0 unspecified atom stereocenters. The summed E-state index contributed by atoms with van der Waals surface area (Å²) in [4.78, 5) is 29.7. The molecule has 0 fully saturated rings. The van der Waals surface area contributed by atoms with E-state index in [0.29, 0.717) is 17.5 Å². The van der Waals surface area contributed by atoms with E-state index in [1.165, 1.54) is 0 Å². The first-order valence-electron chi connectivity index (χ1n) is 18.5. The predicted molar refractivity (Wildman–Crippen MR) is 226 cm³/mol. The normalized spacial score (nSPS) is 11.2. The van der Waals surface area contributed by atoms with E-state index in [1.807, 2.05) is 61.1 Å². The number of nitrogens with zero attached hydrogens (tertiary/aromatic N) is 6. The molecule has 6 nitrogen and oxygen atoms in total. The molecule has 4 aromatic heterocycles. The SMILES string of the molecule is c1ccc(-c2ccc(-c3nc(-c4ccc(-c5ccccc5)cc4)nc(-c4cc(-c5ccccn5)cc(-c5cc6cccnc6c6ncccc56)c4)n3)cc2)cc1. The average molecular weight is 717 g/mol. The Morgan fingerprint density at radius 1 is 0.286 bits per heavy atom. The molecule has 0 radical (unpaired) electrons. The second-order valence-corrected chi connectivity index (χ2v) is 13.6. The van der Waals surface area contributed by atoms with Gasteiger partial charge in [0.15, 0.2) is 17.5 Å². The van der Waals surface area contributed by atoms with Crippen molar-refractivity contribution in [1.82, 2.24) is 29.9 Å². The van der Waals surface area contributed by atoms with Gasteiger partial charge in [-0.25, -0.2) is 15.0 Å². The number of hydrogen-bond donors (Lipinski definition) is 0. The fourth-order valence-electron chi connectivity index (χ4n) is 7.26. The molecule has 4 heterocycles. The van der Waals surface area contributed by atoms with Gasteiger partial charge in [-0.1, -0.05) is 127 Å². The highest BCUT2D eigenvalue weighted by atomic mass is 15.0. The Kier molecular flexibility index (Phi) is 8.39. The molecule has 0 spiro atoms. The number of fused-ring (bicyclic) bond motifs is 3. The lowest BCUT2D eigenvalue weighted by Crippen LogP contribution is -2.01. The molecule has 0 saturated carbocycles. The van der Waals surface area contributed by atoms with Crippen LogP contribution in [0.5, 0.6) is 0 Å². The molecular formula is C50H32N6. The topological polar surface area (TPSA) is 77.3 Å². The molecule has 0 amide bonds. The molecule has 0 N–H and O–H groups in total. The third-order valence-electron chi connectivity index (χ3n) is 10.1. The Balaban J connectivity index is 1.17. The Bertz CT molecular complexity index is 2890. The Hall–Kier alpha value is -7.70. The summed E-state index contributed by atoms with van der Waals surface area (Å²) in [5.74, 6) is 1.74. The standard InChI is InChI=1S/C50H32N6/c1-3-11-33(12-4-1)35-18-22-37(23-19-35)48-54-49(38-24-20-36(21-25-38)34-13-5-2-6-14-34)56-50(55-48)42-30-40(29-41(31-42)45-17-7-8-26-51-45)44-32-39-15-9-27-52-46(39)47-43(44)16-10-28-53-47/h1-32H. The highest BCUT2D eigenvalue weighted by Crippen LogP contribution is 2.38.